The molecule has 2 heterocycles. The van der Waals surface area contributed by atoms with Gasteiger partial charge in [-0.05, 0) is 13.5 Å². The van der Waals surface area contributed by atoms with E-state index in [4.69, 9.17) is 4.74 Å². The molecule has 4 heteroatoms. The lowest BCUT2D eigenvalue weighted by molar-refractivity contribution is -0.0458. The van der Waals surface area contributed by atoms with Crippen LogP contribution in [0.2, 0.25) is 0 Å². The Bertz CT molecular complexity index is 347. The molecule has 0 N–H and O–H groups in total. The number of likely N-dealkylation sites (tertiary alicyclic amines) is 1. The highest BCUT2D eigenvalue weighted by Gasteiger charge is 2.23. The van der Waals surface area contributed by atoms with Crippen LogP contribution in [0.5, 0.6) is 0 Å². The van der Waals surface area contributed by atoms with Gasteiger partial charge in [-0.15, -0.1) is 0 Å². The van der Waals surface area contributed by atoms with Crippen LogP contribution in [0.1, 0.15) is 20.3 Å². The molecule has 2 fully saturated rings. The molecule has 2 rings (SSSR count). The van der Waals surface area contributed by atoms with Crippen LogP contribution in [0.3, 0.4) is 0 Å². The quantitative estimate of drug-likeness (QED) is 0.537. The summed E-state index contributed by atoms with van der Waals surface area (Å²) in [6, 6.07) is 0. The summed E-state index contributed by atoms with van der Waals surface area (Å²) in [5, 5.41) is 0. The van der Waals surface area contributed by atoms with Crippen LogP contribution in [0.25, 0.3) is 0 Å². The van der Waals surface area contributed by atoms with Crippen LogP contribution < -0.4 is 0 Å². The van der Waals surface area contributed by atoms with Crippen molar-refractivity contribution in [2.24, 2.45) is 5.92 Å². The molecule has 0 atom stereocenters. The van der Waals surface area contributed by atoms with Crippen molar-refractivity contribution in [3.63, 3.8) is 0 Å². The number of rotatable bonds is 6. The Morgan fingerprint density at radius 3 is 2.38 bits per heavy atom. The van der Waals surface area contributed by atoms with Gasteiger partial charge in [-0.3, -0.25) is 4.90 Å². The molecule has 0 aromatic heterocycles. The molecule has 2 aliphatic rings. The summed E-state index contributed by atoms with van der Waals surface area (Å²) in [6.07, 6.45) is 1.65. The van der Waals surface area contributed by atoms with E-state index >= 15 is 0 Å². The zero-order valence-electron chi connectivity index (χ0n) is 14.0. The predicted molar refractivity (Wildman–Crippen MR) is 87.3 cm³/mol. The topological polar surface area (TPSA) is 19.0 Å². The molecule has 4 nitrogen and oxygen atoms in total. The first-order chi connectivity index (χ1) is 10.1. The SMILES string of the molecule is CC(C)C#CCN1CCN(CCCOC2CN(C)C2)CC1. The second-order valence-electron chi connectivity index (χ2n) is 6.66. The Morgan fingerprint density at radius 2 is 1.76 bits per heavy atom. The first-order valence-electron chi connectivity index (χ1n) is 8.36. The lowest BCUT2D eigenvalue weighted by Gasteiger charge is -2.36. The van der Waals surface area contributed by atoms with E-state index in [9.17, 15) is 0 Å². The lowest BCUT2D eigenvalue weighted by Crippen LogP contribution is -2.50. The average molecular weight is 293 g/mol. The van der Waals surface area contributed by atoms with Crippen molar-refractivity contribution in [1.29, 1.82) is 0 Å². The Kier molecular flexibility index (Phi) is 6.98. The minimum atomic E-state index is 0.488. The Morgan fingerprint density at radius 1 is 1.10 bits per heavy atom. The average Bonchev–Trinajstić information content (AvgIpc) is 2.42. The van der Waals surface area contributed by atoms with E-state index in [0.717, 1.165) is 45.8 Å². The van der Waals surface area contributed by atoms with Crippen molar-refractivity contribution >= 4 is 0 Å². The molecule has 0 spiro atoms. The molecule has 2 aliphatic heterocycles. The number of piperazine rings is 1. The second kappa shape index (κ2) is 8.75. The highest BCUT2D eigenvalue weighted by atomic mass is 16.5. The maximum atomic E-state index is 5.84. The van der Waals surface area contributed by atoms with Crippen molar-refractivity contribution in [1.82, 2.24) is 14.7 Å². The van der Waals surface area contributed by atoms with Crippen LogP contribution in [-0.4, -0.2) is 86.8 Å². The zero-order valence-corrected chi connectivity index (χ0v) is 14.0. The van der Waals surface area contributed by atoms with Gasteiger partial charge in [-0.1, -0.05) is 25.7 Å². The molecule has 2 saturated heterocycles. The van der Waals surface area contributed by atoms with E-state index in [2.05, 4.69) is 47.4 Å². The fourth-order valence-corrected chi connectivity index (χ4v) is 2.82. The first-order valence-corrected chi connectivity index (χ1v) is 8.36. The minimum Gasteiger partial charge on any atom is -0.376 e. The molecule has 21 heavy (non-hydrogen) atoms. The molecule has 0 radical (unpaired) electrons. The molecule has 0 unspecified atom stereocenters. The van der Waals surface area contributed by atoms with Gasteiger partial charge in [0.05, 0.1) is 12.6 Å². The fraction of sp³-hybridized carbons (Fsp3) is 0.882. The van der Waals surface area contributed by atoms with Crippen LogP contribution in [0.4, 0.5) is 0 Å². The smallest absolute Gasteiger partial charge is 0.0828 e. The fourth-order valence-electron chi connectivity index (χ4n) is 2.82. The summed E-state index contributed by atoms with van der Waals surface area (Å²) in [5.41, 5.74) is 0. The molecule has 0 aromatic rings. The van der Waals surface area contributed by atoms with Crippen molar-refractivity contribution in [3.8, 4) is 11.8 Å². The molecule has 0 aromatic carbocycles. The maximum Gasteiger partial charge on any atom is 0.0828 e. The van der Waals surface area contributed by atoms with E-state index < -0.39 is 0 Å². The first kappa shape index (κ1) is 16.8. The molecule has 120 valence electrons. The van der Waals surface area contributed by atoms with Gasteiger partial charge >= 0.3 is 0 Å². The molecule has 0 saturated carbocycles. The predicted octanol–water partition coefficient (Wildman–Crippen LogP) is 0.984. The van der Waals surface area contributed by atoms with Gasteiger partial charge in [-0.2, -0.15) is 0 Å². The van der Waals surface area contributed by atoms with Crippen LogP contribution in [0, 0.1) is 17.8 Å². The standard InChI is InChI=1S/C17H31N3O/c1-16(2)6-4-7-19-9-11-20(12-10-19)8-5-13-21-17-14-18(3)15-17/h16-17H,5,7-15H2,1-3H3. The second-order valence-corrected chi connectivity index (χ2v) is 6.66. The van der Waals surface area contributed by atoms with Gasteiger partial charge in [-0.25, -0.2) is 0 Å². The largest absolute Gasteiger partial charge is 0.376 e. The number of hydrogen-bond acceptors (Lipinski definition) is 4. The van der Waals surface area contributed by atoms with Gasteiger partial charge in [0.15, 0.2) is 0 Å². The van der Waals surface area contributed by atoms with Crippen LogP contribution in [0.15, 0.2) is 0 Å². The maximum absolute atomic E-state index is 5.84. The number of nitrogens with zero attached hydrogens (tertiary/aromatic N) is 3. The normalized spacial score (nSPS) is 22.1. The van der Waals surface area contributed by atoms with E-state index in [1.165, 1.54) is 19.6 Å². The van der Waals surface area contributed by atoms with Crippen LogP contribution >= 0.6 is 0 Å². The zero-order chi connectivity index (χ0) is 15.1. The summed E-state index contributed by atoms with van der Waals surface area (Å²) < 4.78 is 5.84. The number of ether oxygens (including phenoxy) is 1. The minimum absolute atomic E-state index is 0.488. The number of hydrogen-bond donors (Lipinski definition) is 0. The highest BCUT2D eigenvalue weighted by molar-refractivity contribution is 5.03. The van der Waals surface area contributed by atoms with Gasteiger partial charge in [0, 0.05) is 58.3 Å². The summed E-state index contributed by atoms with van der Waals surface area (Å²) >= 11 is 0. The molecule has 0 aliphatic carbocycles. The van der Waals surface area contributed by atoms with Crippen molar-refractivity contribution in [2.75, 3.05) is 66.0 Å². The van der Waals surface area contributed by atoms with Crippen molar-refractivity contribution in [3.05, 3.63) is 0 Å². The monoisotopic (exact) mass is 293 g/mol. The molecule has 0 amide bonds. The molecule has 0 bridgehead atoms. The van der Waals surface area contributed by atoms with E-state index in [1.807, 2.05) is 0 Å². The highest BCUT2D eigenvalue weighted by Crippen LogP contribution is 2.09. The van der Waals surface area contributed by atoms with Crippen molar-refractivity contribution in [2.45, 2.75) is 26.4 Å². The third kappa shape index (κ3) is 6.36. The van der Waals surface area contributed by atoms with E-state index in [0.29, 0.717) is 12.0 Å². The molecular weight excluding hydrogens is 262 g/mol. The van der Waals surface area contributed by atoms with Gasteiger partial charge in [0.25, 0.3) is 0 Å². The Hall–Kier alpha value is -0.600. The van der Waals surface area contributed by atoms with Gasteiger partial charge in [0.2, 0.25) is 0 Å². The van der Waals surface area contributed by atoms with E-state index in [1.54, 1.807) is 0 Å². The van der Waals surface area contributed by atoms with Crippen molar-refractivity contribution < 1.29 is 4.74 Å². The lowest BCUT2D eigenvalue weighted by atomic mass is 10.2. The van der Waals surface area contributed by atoms with Gasteiger partial charge in [0.1, 0.15) is 0 Å². The summed E-state index contributed by atoms with van der Waals surface area (Å²) in [6.45, 7) is 14.2. The van der Waals surface area contributed by atoms with Crippen LogP contribution in [-0.2, 0) is 4.74 Å². The summed E-state index contributed by atoms with van der Waals surface area (Å²) in [5.74, 6) is 7.02. The third-order valence-corrected chi connectivity index (χ3v) is 4.16. The Labute approximate surface area is 130 Å². The van der Waals surface area contributed by atoms with E-state index in [-0.39, 0.29) is 0 Å². The summed E-state index contributed by atoms with van der Waals surface area (Å²) in [4.78, 5) is 7.32. The molecular formula is C17H31N3O. The number of likely N-dealkylation sites (N-methyl/N-ethyl adjacent to an activating group) is 1. The van der Waals surface area contributed by atoms with Gasteiger partial charge < -0.3 is 14.5 Å². The third-order valence-electron chi connectivity index (χ3n) is 4.16. The Balaban J connectivity index is 1.48. The summed E-state index contributed by atoms with van der Waals surface area (Å²) in [7, 11) is 2.14.